The predicted octanol–water partition coefficient (Wildman–Crippen LogP) is 1.42. The smallest absolute Gasteiger partial charge is 0.223 e. The second-order valence-corrected chi connectivity index (χ2v) is 7.60. The molecule has 4 rings (SSSR count). The Morgan fingerprint density at radius 3 is 2.63 bits per heavy atom. The van der Waals surface area contributed by atoms with Gasteiger partial charge < -0.3 is 14.6 Å². The summed E-state index contributed by atoms with van der Waals surface area (Å²) >= 11 is 0. The lowest BCUT2D eigenvalue weighted by atomic mass is 9.97. The Hall–Kier alpha value is -2.25. The molecule has 1 saturated heterocycles. The van der Waals surface area contributed by atoms with E-state index in [9.17, 15) is 9.90 Å². The fraction of sp³-hybridized carbons (Fsp3) is 0.550. The van der Waals surface area contributed by atoms with E-state index in [0.29, 0.717) is 18.8 Å². The minimum Gasteiger partial charge on any atom is -0.388 e. The van der Waals surface area contributed by atoms with E-state index in [1.807, 2.05) is 16.5 Å². The third kappa shape index (κ3) is 3.75. The van der Waals surface area contributed by atoms with Crippen molar-refractivity contribution in [3.05, 3.63) is 47.0 Å². The number of aliphatic hydroxyl groups excluding tert-OH is 1. The molecule has 2 aliphatic rings. The first-order chi connectivity index (χ1) is 13.2. The Morgan fingerprint density at radius 1 is 1.22 bits per heavy atom. The van der Waals surface area contributed by atoms with Crippen LogP contribution >= 0.6 is 0 Å². The average molecular weight is 369 g/mol. The SMILES string of the molecule is Cn1c(CO)nnc1C1CCCN(C(=O)CCN2Cc3ccccc3C2)C1. The predicted molar refractivity (Wildman–Crippen MR) is 101 cm³/mol. The van der Waals surface area contributed by atoms with E-state index < -0.39 is 0 Å². The number of amides is 1. The molecule has 0 saturated carbocycles. The van der Waals surface area contributed by atoms with Crippen LogP contribution < -0.4 is 0 Å². The van der Waals surface area contributed by atoms with Crippen LogP contribution in [0.15, 0.2) is 24.3 Å². The summed E-state index contributed by atoms with van der Waals surface area (Å²) in [5.74, 6) is 1.85. The number of hydrogen-bond acceptors (Lipinski definition) is 5. The van der Waals surface area contributed by atoms with Crippen molar-refractivity contribution in [2.24, 2.45) is 7.05 Å². The lowest BCUT2D eigenvalue weighted by molar-refractivity contribution is -0.132. The van der Waals surface area contributed by atoms with Gasteiger partial charge in [-0.3, -0.25) is 9.69 Å². The first-order valence-electron chi connectivity index (χ1n) is 9.71. The molecule has 7 nitrogen and oxygen atoms in total. The fourth-order valence-corrected chi connectivity index (χ4v) is 4.26. The van der Waals surface area contributed by atoms with E-state index in [1.54, 1.807) is 0 Å². The van der Waals surface area contributed by atoms with Crippen molar-refractivity contribution in [2.75, 3.05) is 19.6 Å². The number of carbonyl (C=O) groups excluding carboxylic acids is 1. The van der Waals surface area contributed by atoms with Gasteiger partial charge in [-0.25, -0.2) is 0 Å². The second kappa shape index (κ2) is 7.78. The molecule has 7 heteroatoms. The Bertz CT molecular complexity index is 793. The third-order valence-electron chi connectivity index (χ3n) is 5.83. The zero-order valence-electron chi connectivity index (χ0n) is 15.8. The van der Waals surface area contributed by atoms with Crippen LogP contribution in [-0.2, 0) is 31.5 Å². The number of hydrogen-bond donors (Lipinski definition) is 1. The number of piperidine rings is 1. The topological polar surface area (TPSA) is 74.5 Å². The lowest BCUT2D eigenvalue weighted by Gasteiger charge is -2.32. The lowest BCUT2D eigenvalue weighted by Crippen LogP contribution is -2.40. The van der Waals surface area contributed by atoms with Gasteiger partial charge in [0, 0.05) is 52.1 Å². The molecule has 1 unspecified atom stereocenters. The van der Waals surface area contributed by atoms with Crippen molar-refractivity contribution in [1.29, 1.82) is 0 Å². The van der Waals surface area contributed by atoms with E-state index in [0.717, 1.165) is 44.8 Å². The maximum absolute atomic E-state index is 12.8. The van der Waals surface area contributed by atoms with Crippen LogP contribution in [0.3, 0.4) is 0 Å². The van der Waals surface area contributed by atoms with E-state index in [2.05, 4.69) is 39.4 Å². The third-order valence-corrected chi connectivity index (χ3v) is 5.83. The van der Waals surface area contributed by atoms with E-state index in [-0.39, 0.29) is 18.4 Å². The van der Waals surface area contributed by atoms with Crippen LogP contribution in [0.5, 0.6) is 0 Å². The number of aliphatic hydroxyl groups is 1. The van der Waals surface area contributed by atoms with Gasteiger partial charge in [-0.2, -0.15) is 0 Å². The Balaban J connectivity index is 1.32. The van der Waals surface area contributed by atoms with Crippen molar-refractivity contribution in [2.45, 2.75) is 44.9 Å². The molecule has 1 amide bonds. The fourth-order valence-electron chi connectivity index (χ4n) is 4.26. The number of rotatable bonds is 5. The molecule has 0 spiro atoms. The molecule has 1 aromatic heterocycles. The average Bonchev–Trinajstić information content (AvgIpc) is 3.28. The highest BCUT2D eigenvalue weighted by Crippen LogP contribution is 2.27. The Labute approximate surface area is 159 Å². The molecular weight excluding hydrogens is 342 g/mol. The summed E-state index contributed by atoms with van der Waals surface area (Å²) in [6.45, 7) is 4.07. The summed E-state index contributed by atoms with van der Waals surface area (Å²) in [6.07, 6.45) is 2.54. The first kappa shape index (κ1) is 18.1. The van der Waals surface area contributed by atoms with Gasteiger partial charge in [0.05, 0.1) is 0 Å². The number of likely N-dealkylation sites (tertiary alicyclic amines) is 1. The zero-order chi connectivity index (χ0) is 18.8. The molecule has 0 radical (unpaired) electrons. The number of benzene rings is 1. The van der Waals surface area contributed by atoms with Crippen LogP contribution in [0.2, 0.25) is 0 Å². The molecule has 2 aromatic rings. The quantitative estimate of drug-likeness (QED) is 0.863. The van der Waals surface area contributed by atoms with Crippen molar-refractivity contribution >= 4 is 5.91 Å². The Kier molecular flexibility index (Phi) is 5.22. The van der Waals surface area contributed by atoms with E-state index in [4.69, 9.17) is 0 Å². The highest BCUT2D eigenvalue weighted by Gasteiger charge is 2.28. The molecule has 2 aliphatic heterocycles. The summed E-state index contributed by atoms with van der Waals surface area (Å²) in [6, 6.07) is 8.51. The van der Waals surface area contributed by atoms with Gasteiger partial charge in [0.2, 0.25) is 5.91 Å². The summed E-state index contributed by atoms with van der Waals surface area (Å²) < 4.78 is 1.86. The standard InChI is InChI=1S/C20H27N5O2/c1-23-18(14-26)21-22-20(23)17-7-4-9-25(13-17)19(27)8-10-24-11-15-5-2-3-6-16(15)12-24/h2-3,5-6,17,26H,4,7-14H2,1H3. The normalized spacial score (nSPS) is 20.1. The maximum Gasteiger partial charge on any atom is 0.223 e. The van der Waals surface area contributed by atoms with Gasteiger partial charge in [0.25, 0.3) is 0 Å². The van der Waals surface area contributed by atoms with Crippen molar-refractivity contribution in [1.82, 2.24) is 24.6 Å². The van der Waals surface area contributed by atoms with Crippen LogP contribution in [-0.4, -0.2) is 55.2 Å². The molecule has 1 N–H and O–H groups in total. The molecule has 1 atom stereocenters. The molecule has 3 heterocycles. The highest BCUT2D eigenvalue weighted by molar-refractivity contribution is 5.76. The van der Waals surface area contributed by atoms with Crippen LogP contribution in [0.4, 0.5) is 0 Å². The molecule has 1 aromatic carbocycles. The highest BCUT2D eigenvalue weighted by atomic mass is 16.3. The van der Waals surface area contributed by atoms with Crippen molar-refractivity contribution in [3.8, 4) is 0 Å². The molecule has 27 heavy (non-hydrogen) atoms. The van der Waals surface area contributed by atoms with Gasteiger partial charge in [-0.15, -0.1) is 10.2 Å². The van der Waals surface area contributed by atoms with Gasteiger partial charge >= 0.3 is 0 Å². The number of fused-ring (bicyclic) bond motifs is 1. The minimum absolute atomic E-state index is 0.114. The van der Waals surface area contributed by atoms with Crippen LogP contribution in [0.1, 0.15) is 48.0 Å². The van der Waals surface area contributed by atoms with Crippen LogP contribution in [0, 0.1) is 0 Å². The summed E-state index contributed by atoms with van der Waals surface area (Å²) in [5, 5.41) is 17.6. The van der Waals surface area contributed by atoms with E-state index >= 15 is 0 Å². The molecule has 1 fully saturated rings. The summed E-state index contributed by atoms with van der Waals surface area (Å²) in [5.41, 5.74) is 2.76. The monoisotopic (exact) mass is 369 g/mol. The van der Waals surface area contributed by atoms with Gasteiger partial charge in [-0.05, 0) is 24.0 Å². The molecule has 144 valence electrons. The van der Waals surface area contributed by atoms with Gasteiger partial charge in [0.15, 0.2) is 5.82 Å². The molecule has 0 aliphatic carbocycles. The Morgan fingerprint density at radius 2 is 1.96 bits per heavy atom. The first-order valence-corrected chi connectivity index (χ1v) is 9.71. The second-order valence-electron chi connectivity index (χ2n) is 7.60. The largest absolute Gasteiger partial charge is 0.388 e. The molecular formula is C20H27N5O2. The number of carbonyl (C=O) groups is 1. The van der Waals surface area contributed by atoms with Crippen molar-refractivity contribution in [3.63, 3.8) is 0 Å². The van der Waals surface area contributed by atoms with Gasteiger partial charge in [-0.1, -0.05) is 24.3 Å². The number of aromatic nitrogens is 3. The van der Waals surface area contributed by atoms with Crippen molar-refractivity contribution < 1.29 is 9.90 Å². The summed E-state index contributed by atoms with van der Waals surface area (Å²) in [4.78, 5) is 17.1. The maximum atomic E-state index is 12.8. The van der Waals surface area contributed by atoms with Crippen LogP contribution in [0.25, 0.3) is 0 Å². The number of nitrogens with zero attached hydrogens (tertiary/aromatic N) is 5. The van der Waals surface area contributed by atoms with E-state index in [1.165, 1.54) is 11.1 Å². The summed E-state index contributed by atoms with van der Waals surface area (Å²) in [7, 11) is 1.88. The minimum atomic E-state index is -0.114. The van der Waals surface area contributed by atoms with Gasteiger partial charge in [0.1, 0.15) is 12.4 Å². The zero-order valence-corrected chi connectivity index (χ0v) is 15.8. The molecule has 0 bridgehead atoms.